The van der Waals surface area contributed by atoms with Gasteiger partial charge in [0.2, 0.25) is 0 Å². The van der Waals surface area contributed by atoms with Crippen LogP contribution in [0.5, 0.6) is 5.75 Å². The fraction of sp³-hybridized carbons (Fsp3) is 0.636. The standard InChI is InChI=1S/C22H34N4O3/c1-5-23-22(26-13-16(2)20(15-26)21(27)29-4)24-12-17-9-10-25(14-17)18-7-6-8-19(11-18)28-3/h6-8,11,16-17,20H,5,9-10,12-15H2,1-4H3,(H,23,24). The second-order valence-electron chi connectivity index (χ2n) is 8.01. The van der Waals surface area contributed by atoms with Crippen molar-refractivity contribution >= 4 is 17.6 Å². The van der Waals surface area contributed by atoms with Gasteiger partial charge in [-0.25, -0.2) is 0 Å². The average Bonchev–Trinajstić information content (AvgIpc) is 3.37. The van der Waals surface area contributed by atoms with Crippen LogP contribution in [0.1, 0.15) is 20.3 Å². The molecule has 160 valence electrons. The predicted octanol–water partition coefficient (Wildman–Crippen LogP) is 2.23. The first-order chi connectivity index (χ1) is 14.0. The van der Waals surface area contributed by atoms with Gasteiger partial charge in [0.15, 0.2) is 5.96 Å². The molecule has 2 heterocycles. The zero-order chi connectivity index (χ0) is 20.8. The van der Waals surface area contributed by atoms with Crippen LogP contribution in [0.4, 0.5) is 5.69 Å². The number of anilines is 1. The number of nitrogens with one attached hydrogen (secondary N) is 1. The van der Waals surface area contributed by atoms with E-state index >= 15 is 0 Å². The van der Waals surface area contributed by atoms with E-state index in [4.69, 9.17) is 14.5 Å². The Bertz CT molecular complexity index is 724. The summed E-state index contributed by atoms with van der Waals surface area (Å²) in [5, 5.41) is 3.40. The van der Waals surface area contributed by atoms with E-state index in [9.17, 15) is 4.79 Å². The zero-order valence-electron chi connectivity index (χ0n) is 18.1. The minimum absolute atomic E-state index is 0.0844. The van der Waals surface area contributed by atoms with Crippen LogP contribution in [0.25, 0.3) is 0 Å². The van der Waals surface area contributed by atoms with Gasteiger partial charge in [-0.05, 0) is 37.3 Å². The number of guanidine groups is 1. The Labute approximate surface area is 174 Å². The van der Waals surface area contributed by atoms with Gasteiger partial charge in [-0.15, -0.1) is 0 Å². The molecule has 3 atom stereocenters. The number of aliphatic imine (C=N–C) groups is 1. The SMILES string of the molecule is CCNC(=NCC1CCN(c2cccc(OC)c2)C1)N1CC(C)C(C(=O)OC)C1. The number of esters is 1. The largest absolute Gasteiger partial charge is 0.497 e. The van der Waals surface area contributed by atoms with Crippen LogP contribution < -0.4 is 15.0 Å². The molecule has 0 bridgehead atoms. The number of methoxy groups -OCH3 is 2. The summed E-state index contributed by atoms with van der Waals surface area (Å²) in [6.07, 6.45) is 1.13. The van der Waals surface area contributed by atoms with Crippen molar-refractivity contribution in [3.05, 3.63) is 24.3 Å². The highest BCUT2D eigenvalue weighted by Gasteiger charge is 2.37. The number of nitrogens with zero attached hydrogens (tertiary/aromatic N) is 3. The number of benzene rings is 1. The quantitative estimate of drug-likeness (QED) is 0.447. The van der Waals surface area contributed by atoms with Crippen LogP contribution in [-0.4, -0.2) is 70.3 Å². The highest BCUT2D eigenvalue weighted by atomic mass is 16.5. The fourth-order valence-electron chi connectivity index (χ4n) is 4.26. The molecule has 0 spiro atoms. The summed E-state index contributed by atoms with van der Waals surface area (Å²) in [6.45, 7) is 9.31. The molecule has 0 aromatic heterocycles. The normalized spacial score (nSPS) is 24.7. The first kappa shape index (κ1) is 21.3. The van der Waals surface area contributed by atoms with Gasteiger partial charge in [-0.2, -0.15) is 0 Å². The molecule has 0 aliphatic carbocycles. The smallest absolute Gasteiger partial charge is 0.310 e. The molecule has 0 radical (unpaired) electrons. The maximum absolute atomic E-state index is 12.0. The molecule has 2 fully saturated rings. The van der Waals surface area contributed by atoms with Crippen molar-refractivity contribution in [1.82, 2.24) is 10.2 Å². The average molecular weight is 403 g/mol. The molecule has 2 aliphatic heterocycles. The molecule has 1 aromatic carbocycles. The molecule has 7 heteroatoms. The lowest BCUT2D eigenvalue weighted by atomic mass is 9.99. The number of hydrogen-bond acceptors (Lipinski definition) is 5. The maximum Gasteiger partial charge on any atom is 0.310 e. The first-order valence-corrected chi connectivity index (χ1v) is 10.6. The van der Waals surface area contributed by atoms with E-state index in [1.54, 1.807) is 7.11 Å². The second kappa shape index (κ2) is 9.85. The van der Waals surface area contributed by atoms with Gasteiger partial charge in [0, 0.05) is 51.0 Å². The zero-order valence-corrected chi connectivity index (χ0v) is 18.1. The molecule has 1 aromatic rings. The maximum atomic E-state index is 12.0. The van der Waals surface area contributed by atoms with Crippen molar-refractivity contribution in [2.45, 2.75) is 20.3 Å². The van der Waals surface area contributed by atoms with Gasteiger partial charge in [0.25, 0.3) is 0 Å². The van der Waals surface area contributed by atoms with Crippen molar-refractivity contribution in [2.24, 2.45) is 22.7 Å². The van der Waals surface area contributed by atoms with Gasteiger partial charge in [0.1, 0.15) is 5.75 Å². The molecule has 0 amide bonds. The summed E-state index contributed by atoms with van der Waals surface area (Å²) in [5.74, 6) is 2.37. The van der Waals surface area contributed by atoms with Crippen molar-refractivity contribution < 1.29 is 14.3 Å². The third kappa shape index (κ3) is 5.14. The van der Waals surface area contributed by atoms with Crippen LogP contribution >= 0.6 is 0 Å². The van der Waals surface area contributed by atoms with E-state index in [0.29, 0.717) is 12.5 Å². The summed E-state index contributed by atoms with van der Waals surface area (Å²) < 4.78 is 10.3. The Balaban J connectivity index is 1.60. The molecule has 7 nitrogen and oxygen atoms in total. The third-order valence-electron chi connectivity index (χ3n) is 5.95. The molecule has 3 rings (SSSR count). The number of ether oxygens (including phenoxy) is 2. The van der Waals surface area contributed by atoms with Gasteiger partial charge >= 0.3 is 5.97 Å². The lowest BCUT2D eigenvalue weighted by Gasteiger charge is -2.22. The molecule has 3 unspecified atom stereocenters. The molecular formula is C22H34N4O3. The van der Waals surface area contributed by atoms with Crippen LogP contribution in [0.2, 0.25) is 0 Å². The Morgan fingerprint density at radius 2 is 2.10 bits per heavy atom. The van der Waals surface area contributed by atoms with Gasteiger partial charge in [0.05, 0.1) is 20.1 Å². The summed E-state index contributed by atoms with van der Waals surface area (Å²) in [7, 11) is 3.16. The Kier molecular flexibility index (Phi) is 7.23. The molecule has 29 heavy (non-hydrogen) atoms. The first-order valence-electron chi connectivity index (χ1n) is 10.6. The van der Waals surface area contributed by atoms with E-state index in [2.05, 4.69) is 41.1 Å². The number of rotatable bonds is 6. The van der Waals surface area contributed by atoms with E-state index in [1.165, 1.54) is 12.8 Å². The van der Waals surface area contributed by atoms with Crippen LogP contribution in [0, 0.1) is 17.8 Å². The van der Waals surface area contributed by atoms with Gasteiger partial charge in [-0.1, -0.05) is 13.0 Å². The summed E-state index contributed by atoms with van der Waals surface area (Å²) in [4.78, 5) is 21.5. The summed E-state index contributed by atoms with van der Waals surface area (Å²) >= 11 is 0. The fourth-order valence-corrected chi connectivity index (χ4v) is 4.26. The monoisotopic (exact) mass is 402 g/mol. The number of hydrogen-bond donors (Lipinski definition) is 1. The van der Waals surface area contributed by atoms with Crippen LogP contribution in [-0.2, 0) is 9.53 Å². The number of carbonyl (C=O) groups excluding carboxylic acids is 1. The van der Waals surface area contributed by atoms with Crippen molar-refractivity contribution in [3.8, 4) is 5.75 Å². The van der Waals surface area contributed by atoms with Crippen molar-refractivity contribution in [3.63, 3.8) is 0 Å². The van der Waals surface area contributed by atoms with E-state index in [-0.39, 0.29) is 17.8 Å². The van der Waals surface area contributed by atoms with E-state index in [1.807, 2.05) is 12.1 Å². The molecular weight excluding hydrogens is 368 g/mol. The molecule has 2 saturated heterocycles. The van der Waals surface area contributed by atoms with Crippen molar-refractivity contribution in [2.75, 3.05) is 58.4 Å². The number of likely N-dealkylation sites (tertiary alicyclic amines) is 1. The second-order valence-corrected chi connectivity index (χ2v) is 8.01. The summed E-state index contributed by atoms with van der Waals surface area (Å²) in [5.41, 5.74) is 1.21. The lowest BCUT2D eigenvalue weighted by Crippen LogP contribution is -2.41. The minimum atomic E-state index is -0.124. The number of carbonyl (C=O) groups is 1. The van der Waals surface area contributed by atoms with E-state index in [0.717, 1.165) is 50.9 Å². The predicted molar refractivity (Wildman–Crippen MR) is 116 cm³/mol. The Hall–Kier alpha value is -2.44. The van der Waals surface area contributed by atoms with Gasteiger partial charge < -0.3 is 24.6 Å². The topological polar surface area (TPSA) is 66.4 Å². The molecule has 2 aliphatic rings. The van der Waals surface area contributed by atoms with Crippen molar-refractivity contribution in [1.29, 1.82) is 0 Å². The molecule has 0 saturated carbocycles. The Morgan fingerprint density at radius 1 is 1.28 bits per heavy atom. The third-order valence-corrected chi connectivity index (χ3v) is 5.95. The highest BCUT2D eigenvalue weighted by molar-refractivity contribution is 5.82. The van der Waals surface area contributed by atoms with Crippen LogP contribution in [0.15, 0.2) is 29.3 Å². The van der Waals surface area contributed by atoms with Crippen LogP contribution in [0.3, 0.4) is 0 Å². The Morgan fingerprint density at radius 3 is 2.83 bits per heavy atom. The molecule has 1 N–H and O–H groups in total. The lowest BCUT2D eigenvalue weighted by molar-refractivity contribution is -0.145. The van der Waals surface area contributed by atoms with Gasteiger partial charge in [-0.3, -0.25) is 9.79 Å². The highest BCUT2D eigenvalue weighted by Crippen LogP contribution is 2.27. The summed E-state index contributed by atoms with van der Waals surface area (Å²) in [6, 6.07) is 8.24. The van der Waals surface area contributed by atoms with E-state index < -0.39 is 0 Å². The minimum Gasteiger partial charge on any atom is -0.497 e.